The number of rotatable bonds is 8. The van der Waals surface area contributed by atoms with Crippen LogP contribution in [0.1, 0.15) is 41.5 Å². The molecule has 3 nitrogen and oxygen atoms in total. The molecule has 2 atom stereocenters. The van der Waals surface area contributed by atoms with Crippen LogP contribution in [0.4, 0.5) is 0 Å². The Morgan fingerprint density at radius 2 is 1.25 bits per heavy atom. The van der Waals surface area contributed by atoms with Crippen LogP contribution >= 0.6 is 0 Å². The third-order valence-electron chi connectivity index (χ3n) is 5.46. The van der Waals surface area contributed by atoms with Crippen molar-refractivity contribution in [3.63, 3.8) is 0 Å². The minimum absolute atomic E-state index is 0.00131. The smallest absolute Gasteiger partial charge is 0.193 e. The van der Waals surface area contributed by atoms with Crippen LogP contribution in [0.25, 0.3) is 0 Å². The standard InChI is InChI=1S/C19H40O3Si2/c1-12-16(21-23(8,9)18(2,3)4)17(14-13-15-20)22-24(10,11)19(5,6)7/h12-14,16-17,20H,1,15H2,2-11H3/b14-13-/t16-,17+/m0/s1. The predicted octanol–water partition coefficient (Wildman–Crippen LogP) is 5.50. The van der Waals surface area contributed by atoms with Gasteiger partial charge in [-0.2, -0.15) is 0 Å². The summed E-state index contributed by atoms with van der Waals surface area (Å²) in [6.45, 7) is 26.3. The summed E-state index contributed by atoms with van der Waals surface area (Å²) in [6, 6.07) is 0. The molecular weight excluding hydrogens is 332 g/mol. The van der Waals surface area contributed by atoms with E-state index in [9.17, 15) is 5.11 Å². The second-order valence-corrected chi connectivity index (χ2v) is 19.0. The maximum atomic E-state index is 9.20. The Labute approximate surface area is 152 Å². The van der Waals surface area contributed by atoms with Crippen molar-refractivity contribution in [1.82, 2.24) is 0 Å². The third-order valence-corrected chi connectivity index (χ3v) is 14.4. The molecule has 0 bridgehead atoms. The molecule has 0 radical (unpaired) electrons. The average Bonchev–Trinajstić information content (AvgIpc) is 2.38. The van der Waals surface area contributed by atoms with Gasteiger partial charge in [-0.25, -0.2) is 0 Å². The summed E-state index contributed by atoms with van der Waals surface area (Å²) in [5.41, 5.74) is 0. The maximum Gasteiger partial charge on any atom is 0.193 e. The molecule has 0 heterocycles. The lowest BCUT2D eigenvalue weighted by atomic mass is 10.2. The quantitative estimate of drug-likeness (QED) is 0.451. The monoisotopic (exact) mass is 372 g/mol. The fourth-order valence-electron chi connectivity index (χ4n) is 1.69. The van der Waals surface area contributed by atoms with E-state index in [0.29, 0.717) is 0 Å². The molecule has 142 valence electrons. The highest BCUT2D eigenvalue weighted by Crippen LogP contribution is 2.40. The van der Waals surface area contributed by atoms with Crippen LogP contribution < -0.4 is 0 Å². The number of hydrogen-bond acceptors (Lipinski definition) is 3. The molecule has 0 unspecified atom stereocenters. The van der Waals surface area contributed by atoms with Crippen molar-refractivity contribution >= 4 is 16.6 Å². The summed E-state index contributed by atoms with van der Waals surface area (Å²) in [7, 11) is -3.91. The highest BCUT2D eigenvalue weighted by atomic mass is 28.4. The van der Waals surface area contributed by atoms with Gasteiger partial charge in [-0.3, -0.25) is 0 Å². The van der Waals surface area contributed by atoms with Crippen LogP contribution in [0.15, 0.2) is 24.8 Å². The molecule has 0 aliphatic heterocycles. The van der Waals surface area contributed by atoms with Crippen LogP contribution in [0, 0.1) is 0 Å². The van der Waals surface area contributed by atoms with E-state index in [4.69, 9.17) is 8.85 Å². The second-order valence-electron chi connectivity index (χ2n) is 9.53. The Balaban J connectivity index is 5.56. The van der Waals surface area contributed by atoms with Gasteiger partial charge in [0.25, 0.3) is 0 Å². The number of hydrogen-bond donors (Lipinski definition) is 1. The summed E-state index contributed by atoms with van der Waals surface area (Å²) in [6.07, 6.45) is 5.09. The Hall–Kier alpha value is -0.206. The molecule has 0 aromatic carbocycles. The first-order valence-electron chi connectivity index (χ1n) is 8.85. The van der Waals surface area contributed by atoms with Crippen molar-refractivity contribution in [2.24, 2.45) is 0 Å². The maximum absolute atomic E-state index is 9.20. The van der Waals surface area contributed by atoms with Gasteiger partial charge in [0.2, 0.25) is 0 Å². The summed E-state index contributed by atoms with van der Waals surface area (Å²) < 4.78 is 13.1. The van der Waals surface area contributed by atoms with E-state index < -0.39 is 16.6 Å². The van der Waals surface area contributed by atoms with E-state index in [2.05, 4.69) is 74.3 Å². The van der Waals surface area contributed by atoms with Crippen LogP contribution in [-0.4, -0.2) is 40.6 Å². The zero-order chi connectivity index (χ0) is 19.4. The van der Waals surface area contributed by atoms with Gasteiger partial charge >= 0.3 is 0 Å². The lowest BCUT2D eigenvalue weighted by Gasteiger charge is -2.43. The van der Waals surface area contributed by atoms with E-state index in [1.807, 2.05) is 12.2 Å². The summed E-state index contributed by atoms with van der Waals surface area (Å²) in [5.74, 6) is 0. The van der Waals surface area contributed by atoms with E-state index >= 15 is 0 Å². The molecule has 0 aliphatic carbocycles. The van der Waals surface area contributed by atoms with Crippen molar-refractivity contribution < 1.29 is 14.0 Å². The molecule has 0 amide bonds. The van der Waals surface area contributed by atoms with Gasteiger partial charge in [-0.1, -0.05) is 59.8 Å². The molecule has 0 aromatic rings. The number of aliphatic hydroxyl groups excluding tert-OH is 1. The molecular formula is C19H40O3Si2. The molecule has 24 heavy (non-hydrogen) atoms. The van der Waals surface area contributed by atoms with Gasteiger partial charge in [-0.15, -0.1) is 6.58 Å². The molecule has 5 heteroatoms. The summed E-state index contributed by atoms with van der Waals surface area (Å²) >= 11 is 0. The molecule has 0 rings (SSSR count). The fourth-order valence-corrected chi connectivity index (χ4v) is 4.21. The normalized spacial score (nSPS) is 17.1. The van der Waals surface area contributed by atoms with Crippen molar-refractivity contribution in [2.45, 2.75) is 90.0 Å². The van der Waals surface area contributed by atoms with Crippen molar-refractivity contribution in [1.29, 1.82) is 0 Å². The Morgan fingerprint density at radius 3 is 1.54 bits per heavy atom. The molecule has 0 saturated heterocycles. The topological polar surface area (TPSA) is 38.7 Å². The second kappa shape index (κ2) is 8.45. The van der Waals surface area contributed by atoms with Crippen LogP contribution in [-0.2, 0) is 8.85 Å². The molecule has 0 saturated carbocycles. The van der Waals surface area contributed by atoms with E-state index in [-0.39, 0.29) is 28.9 Å². The molecule has 0 fully saturated rings. The van der Waals surface area contributed by atoms with Gasteiger partial charge in [0.05, 0.1) is 18.8 Å². The molecule has 0 aliphatic rings. The van der Waals surface area contributed by atoms with Crippen LogP contribution in [0.3, 0.4) is 0 Å². The largest absolute Gasteiger partial charge is 0.408 e. The lowest BCUT2D eigenvalue weighted by molar-refractivity contribution is 0.0936. The number of aliphatic hydroxyl groups is 1. The highest BCUT2D eigenvalue weighted by Gasteiger charge is 2.43. The van der Waals surface area contributed by atoms with Gasteiger partial charge < -0.3 is 14.0 Å². The van der Waals surface area contributed by atoms with Crippen molar-refractivity contribution in [3.05, 3.63) is 24.8 Å². The molecule has 1 N–H and O–H groups in total. The zero-order valence-electron chi connectivity index (χ0n) is 17.6. The Kier molecular flexibility index (Phi) is 8.38. The Bertz CT molecular complexity index is 429. The third kappa shape index (κ3) is 6.60. The fraction of sp³-hybridized carbons (Fsp3) is 0.789. The van der Waals surface area contributed by atoms with E-state index in [1.165, 1.54) is 0 Å². The van der Waals surface area contributed by atoms with Gasteiger partial charge in [0, 0.05) is 0 Å². The van der Waals surface area contributed by atoms with Crippen molar-refractivity contribution in [3.8, 4) is 0 Å². The van der Waals surface area contributed by atoms with Crippen molar-refractivity contribution in [2.75, 3.05) is 6.61 Å². The van der Waals surface area contributed by atoms with Crippen LogP contribution in [0.2, 0.25) is 36.3 Å². The van der Waals surface area contributed by atoms with Gasteiger partial charge in [-0.05, 0) is 36.3 Å². The summed E-state index contributed by atoms with van der Waals surface area (Å²) in [4.78, 5) is 0. The SMILES string of the molecule is C=C[C@H](O[Si](C)(C)C(C)(C)C)[C@@H](/C=C\CO)O[Si](C)(C)C(C)(C)C. The van der Waals surface area contributed by atoms with E-state index in [1.54, 1.807) is 6.08 Å². The first-order valence-corrected chi connectivity index (χ1v) is 14.7. The first-order chi connectivity index (χ1) is 10.6. The highest BCUT2D eigenvalue weighted by molar-refractivity contribution is 6.74. The zero-order valence-corrected chi connectivity index (χ0v) is 19.6. The summed E-state index contributed by atoms with van der Waals surface area (Å²) in [5, 5.41) is 9.43. The first kappa shape index (κ1) is 23.8. The minimum atomic E-state index is -1.96. The average molecular weight is 373 g/mol. The van der Waals surface area contributed by atoms with Gasteiger partial charge in [0.1, 0.15) is 0 Å². The predicted molar refractivity (Wildman–Crippen MR) is 111 cm³/mol. The van der Waals surface area contributed by atoms with Gasteiger partial charge in [0.15, 0.2) is 16.6 Å². The molecule has 0 spiro atoms. The van der Waals surface area contributed by atoms with E-state index in [0.717, 1.165) is 0 Å². The minimum Gasteiger partial charge on any atom is -0.408 e. The van der Waals surface area contributed by atoms with Crippen LogP contribution in [0.5, 0.6) is 0 Å². The lowest BCUT2D eigenvalue weighted by Crippen LogP contribution is -2.50. The Morgan fingerprint density at radius 1 is 0.875 bits per heavy atom. The molecule has 0 aromatic heterocycles.